The van der Waals surface area contributed by atoms with Crippen LogP contribution in [0.2, 0.25) is 0 Å². The van der Waals surface area contributed by atoms with Gasteiger partial charge < -0.3 is 10.3 Å². The van der Waals surface area contributed by atoms with Crippen molar-refractivity contribution in [3.05, 3.63) is 93.7 Å². The number of halogens is 1. The number of hydrogen-bond acceptors (Lipinski definition) is 3. The van der Waals surface area contributed by atoms with Crippen molar-refractivity contribution in [2.24, 2.45) is 0 Å². The van der Waals surface area contributed by atoms with E-state index in [4.69, 9.17) is 0 Å². The summed E-state index contributed by atoms with van der Waals surface area (Å²) in [6.45, 7) is 3.03. The van der Waals surface area contributed by atoms with Crippen LogP contribution in [-0.2, 0) is 13.0 Å². The third-order valence-electron chi connectivity index (χ3n) is 4.74. The molecule has 5 nitrogen and oxygen atoms in total. The maximum atomic E-state index is 13.2. The third-order valence-corrected chi connectivity index (χ3v) is 4.74. The number of benzene rings is 2. The van der Waals surface area contributed by atoms with E-state index in [-0.39, 0.29) is 11.4 Å². The van der Waals surface area contributed by atoms with E-state index in [0.29, 0.717) is 30.7 Å². The molecule has 142 valence electrons. The third kappa shape index (κ3) is 3.73. The average Bonchev–Trinajstić information content (AvgIpc) is 3.01. The Bertz CT molecular complexity index is 1160. The van der Waals surface area contributed by atoms with Crippen molar-refractivity contribution in [1.82, 2.24) is 20.1 Å². The molecular formula is C22H21FN4O. The van der Waals surface area contributed by atoms with Crippen LogP contribution in [0.4, 0.5) is 4.39 Å². The molecule has 0 aliphatic rings. The maximum absolute atomic E-state index is 13.2. The Balaban J connectivity index is 1.52. The number of aromatic nitrogens is 3. The van der Waals surface area contributed by atoms with Gasteiger partial charge in [-0.2, -0.15) is 5.10 Å². The summed E-state index contributed by atoms with van der Waals surface area (Å²) < 4.78 is 15.0. The molecule has 0 spiro atoms. The Morgan fingerprint density at radius 2 is 1.93 bits per heavy atom. The Kier molecular flexibility index (Phi) is 5.04. The molecule has 0 aliphatic carbocycles. The Labute approximate surface area is 161 Å². The van der Waals surface area contributed by atoms with Gasteiger partial charge >= 0.3 is 0 Å². The molecule has 2 aromatic carbocycles. The summed E-state index contributed by atoms with van der Waals surface area (Å²) >= 11 is 0. The van der Waals surface area contributed by atoms with E-state index < -0.39 is 0 Å². The lowest BCUT2D eigenvalue weighted by Crippen LogP contribution is -2.23. The Morgan fingerprint density at radius 1 is 1.11 bits per heavy atom. The number of aryl methyl sites for hydroxylation is 1. The molecule has 4 rings (SSSR count). The minimum atomic E-state index is -0.231. The van der Waals surface area contributed by atoms with Crippen molar-refractivity contribution in [1.29, 1.82) is 0 Å². The van der Waals surface area contributed by atoms with E-state index in [1.54, 1.807) is 10.7 Å². The Hall–Kier alpha value is -3.25. The van der Waals surface area contributed by atoms with E-state index in [1.165, 1.54) is 12.1 Å². The minimum absolute atomic E-state index is 0.136. The predicted octanol–water partition coefficient (Wildman–Crippen LogP) is 3.49. The summed E-state index contributed by atoms with van der Waals surface area (Å²) in [7, 11) is 0. The highest BCUT2D eigenvalue weighted by atomic mass is 19.1. The van der Waals surface area contributed by atoms with Gasteiger partial charge in [-0.25, -0.2) is 9.07 Å². The Morgan fingerprint density at radius 3 is 2.71 bits per heavy atom. The summed E-state index contributed by atoms with van der Waals surface area (Å²) in [5, 5.41) is 8.76. The van der Waals surface area contributed by atoms with Crippen LogP contribution in [0.5, 0.6) is 0 Å². The zero-order chi connectivity index (χ0) is 19.5. The normalized spacial score (nSPS) is 11.2. The number of fused-ring (bicyclic) bond motifs is 1. The second-order valence-electron chi connectivity index (χ2n) is 6.78. The highest BCUT2D eigenvalue weighted by Gasteiger charge is 2.12. The van der Waals surface area contributed by atoms with Crippen molar-refractivity contribution in [3.63, 3.8) is 0 Å². The lowest BCUT2D eigenvalue weighted by molar-refractivity contribution is 0.622. The van der Waals surface area contributed by atoms with Crippen molar-refractivity contribution in [3.8, 4) is 5.69 Å². The maximum Gasteiger partial charge on any atom is 0.254 e. The van der Waals surface area contributed by atoms with Gasteiger partial charge in [0.25, 0.3) is 5.56 Å². The molecule has 0 saturated carbocycles. The van der Waals surface area contributed by atoms with Gasteiger partial charge in [-0.3, -0.25) is 4.79 Å². The first-order valence-electron chi connectivity index (χ1n) is 9.24. The predicted molar refractivity (Wildman–Crippen MR) is 108 cm³/mol. The molecule has 28 heavy (non-hydrogen) atoms. The number of para-hydroxylation sites is 1. The van der Waals surface area contributed by atoms with Gasteiger partial charge in [0, 0.05) is 17.5 Å². The fourth-order valence-electron chi connectivity index (χ4n) is 3.30. The van der Waals surface area contributed by atoms with Gasteiger partial charge in [-0.15, -0.1) is 0 Å². The lowest BCUT2D eigenvalue weighted by atomic mass is 10.1. The molecule has 0 unspecified atom stereocenters. The fraction of sp³-hybridized carbons (Fsp3) is 0.182. The molecule has 2 aromatic heterocycles. The van der Waals surface area contributed by atoms with E-state index in [1.807, 2.05) is 49.4 Å². The second-order valence-corrected chi connectivity index (χ2v) is 6.78. The number of aromatic amines is 1. The number of hydrogen-bond donors (Lipinski definition) is 2. The van der Waals surface area contributed by atoms with E-state index >= 15 is 0 Å². The van der Waals surface area contributed by atoms with Gasteiger partial charge in [-0.05, 0) is 55.8 Å². The molecule has 0 aliphatic heterocycles. The summed E-state index contributed by atoms with van der Waals surface area (Å²) in [5.74, 6) is -0.231. The standard InChI is InChI=1S/C22H21FN4O/c1-15-20-13-17(14-24-11-10-16-6-5-7-18(23)12-16)22(28)25-21(20)27(26-15)19-8-3-2-4-9-19/h2-9,12-13,24H,10-11,14H2,1H3,(H,25,28). The first kappa shape index (κ1) is 18.1. The molecule has 0 bridgehead atoms. The minimum Gasteiger partial charge on any atom is -0.312 e. The molecule has 0 radical (unpaired) electrons. The number of H-pyrrole nitrogens is 1. The van der Waals surface area contributed by atoms with Crippen molar-refractivity contribution >= 4 is 11.0 Å². The van der Waals surface area contributed by atoms with E-state index in [9.17, 15) is 9.18 Å². The topological polar surface area (TPSA) is 62.7 Å². The molecule has 4 aromatic rings. The van der Waals surface area contributed by atoms with Gasteiger partial charge in [0.15, 0.2) is 0 Å². The van der Waals surface area contributed by atoms with E-state index in [0.717, 1.165) is 22.3 Å². The highest BCUT2D eigenvalue weighted by molar-refractivity contribution is 5.80. The molecule has 0 amide bonds. The van der Waals surface area contributed by atoms with Crippen LogP contribution in [0.25, 0.3) is 16.7 Å². The molecular weight excluding hydrogens is 355 g/mol. The number of nitrogens with one attached hydrogen (secondary N) is 2. The fourth-order valence-corrected chi connectivity index (χ4v) is 3.30. The number of rotatable bonds is 6. The van der Waals surface area contributed by atoms with Crippen LogP contribution in [0, 0.1) is 12.7 Å². The molecule has 0 saturated heterocycles. The van der Waals surface area contributed by atoms with Gasteiger partial charge in [0.05, 0.1) is 11.4 Å². The zero-order valence-electron chi connectivity index (χ0n) is 15.6. The van der Waals surface area contributed by atoms with Gasteiger partial charge in [-0.1, -0.05) is 30.3 Å². The van der Waals surface area contributed by atoms with Crippen LogP contribution in [0.3, 0.4) is 0 Å². The first-order valence-corrected chi connectivity index (χ1v) is 9.24. The molecule has 2 N–H and O–H groups in total. The summed E-state index contributed by atoms with van der Waals surface area (Å²) in [6.07, 6.45) is 0.697. The van der Waals surface area contributed by atoms with Crippen LogP contribution >= 0.6 is 0 Å². The van der Waals surface area contributed by atoms with Gasteiger partial charge in [0.2, 0.25) is 0 Å². The van der Waals surface area contributed by atoms with Crippen molar-refractivity contribution < 1.29 is 4.39 Å². The zero-order valence-corrected chi connectivity index (χ0v) is 15.6. The van der Waals surface area contributed by atoms with Crippen LogP contribution < -0.4 is 10.9 Å². The lowest BCUT2D eigenvalue weighted by Gasteiger charge is -2.06. The largest absolute Gasteiger partial charge is 0.312 e. The van der Waals surface area contributed by atoms with Crippen LogP contribution in [0.15, 0.2) is 65.5 Å². The SMILES string of the molecule is Cc1nn(-c2ccccc2)c2[nH]c(=O)c(CNCCc3cccc(F)c3)cc12. The highest BCUT2D eigenvalue weighted by Crippen LogP contribution is 2.19. The average molecular weight is 376 g/mol. The quantitative estimate of drug-likeness (QED) is 0.507. The second kappa shape index (κ2) is 7.78. The number of pyridine rings is 1. The number of nitrogens with zero attached hydrogens (tertiary/aromatic N) is 2. The molecule has 2 heterocycles. The molecule has 0 fully saturated rings. The summed E-state index contributed by atoms with van der Waals surface area (Å²) in [6, 6.07) is 18.2. The summed E-state index contributed by atoms with van der Waals surface area (Å²) in [5.41, 5.74) is 3.90. The molecule has 0 atom stereocenters. The van der Waals surface area contributed by atoms with Crippen LogP contribution in [0.1, 0.15) is 16.8 Å². The smallest absolute Gasteiger partial charge is 0.254 e. The first-order chi connectivity index (χ1) is 13.6. The monoisotopic (exact) mass is 376 g/mol. The van der Waals surface area contributed by atoms with Crippen LogP contribution in [-0.4, -0.2) is 21.3 Å². The van der Waals surface area contributed by atoms with E-state index in [2.05, 4.69) is 15.4 Å². The molecule has 6 heteroatoms. The van der Waals surface area contributed by atoms with Gasteiger partial charge in [0.1, 0.15) is 11.5 Å². The van der Waals surface area contributed by atoms with Crippen molar-refractivity contribution in [2.45, 2.75) is 19.9 Å². The summed E-state index contributed by atoms with van der Waals surface area (Å²) in [4.78, 5) is 15.5. The van der Waals surface area contributed by atoms with Crippen molar-refractivity contribution in [2.75, 3.05) is 6.54 Å².